The molecule has 1 aliphatic rings. The average molecular weight is 230 g/mol. The first-order valence-electron chi connectivity index (χ1n) is 5.83. The van der Waals surface area contributed by atoms with Crippen molar-refractivity contribution >= 4 is 16.9 Å². The Kier molecular flexibility index (Phi) is 2.18. The van der Waals surface area contributed by atoms with Gasteiger partial charge in [0.15, 0.2) is 0 Å². The molecule has 0 radical (unpaired) electrons. The van der Waals surface area contributed by atoms with Crippen LogP contribution in [0.4, 0.5) is 0 Å². The minimum atomic E-state index is -0.799. The molecule has 17 heavy (non-hydrogen) atoms. The fourth-order valence-corrected chi connectivity index (χ4v) is 2.41. The van der Waals surface area contributed by atoms with Crippen LogP contribution < -0.4 is 0 Å². The molecule has 1 heterocycles. The zero-order chi connectivity index (χ0) is 12.0. The SMILES string of the molecule is Cn1nc(C2CC2)c2cccc(CC(=O)O)c21. The summed E-state index contributed by atoms with van der Waals surface area (Å²) in [6, 6.07) is 5.84. The molecule has 1 aromatic heterocycles. The van der Waals surface area contributed by atoms with Crippen molar-refractivity contribution in [3.8, 4) is 0 Å². The van der Waals surface area contributed by atoms with Gasteiger partial charge in [-0.2, -0.15) is 5.10 Å². The standard InChI is InChI=1S/C13H14N2O2/c1-15-13-9(7-11(16)17)3-2-4-10(13)12(14-15)8-5-6-8/h2-4,8H,5-7H2,1H3,(H,16,17). The minimum absolute atomic E-state index is 0.0565. The molecule has 0 spiro atoms. The minimum Gasteiger partial charge on any atom is -0.481 e. The van der Waals surface area contributed by atoms with Crippen molar-refractivity contribution in [1.29, 1.82) is 0 Å². The maximum absolute atomic E-state index is 10.8. The lowest BCUT2D eigenvalue weighted by Crippen LogP contribution is -2.02. The molecule has 2 aromatic rings. The van der Waals surface area contributed by atoms with Gasteiger partial charge in [-0.05, 0) is 18.4 Å². The lowest BCUT2D eigenvalue weighted by atomic mass is 10.1. The summed E-state index contributed by atoms with van der Waals surface area (Å²) in [7, 11) is 1.89. The van der Waals surface area contributed by atoms with Crippen LogP contribution in [0.5, 0.6) is 0 Å². The molecule has 0 bridgehead atoms. The largest absolute Gasteiger partial charge is 0.481 e. The molecule has 0 saturated heterocycles. The lowest BCUT2D eigenvalue weighted by molar-refractivity contribution is -0.136. The lowest BCUT2D eigenvalue weighted by Gasteiger charge is -2.01. The molecule has 0 atom stereocenters. The normalized spacial score (nSPS) is 15.4. The zero-order valence-electron chi connectivity index (χ0n) is 9.68. The van der Waals surface area contributed by atoms with Gasteiger partial charge in [-0.3, -0.25) is 9.48 Å². The Labute approximate surface area is 98.9 Å². The zero-order valence-corrected chi connectivity index (χ0v) is 9.68. The number of hydrogen-bond donors (Lipinski definition) is 1. The summed E-state index contributed by atoms with van der Waals surface area (Å²) in [5.74, 6) is -0.217. The van der Waals surface area contributed by atoms with Crippen LogP contribution in [0.25, 0.3) is 10.9 Å². The third-order valence-electron chi connectivity index (χ3n) is 3.28. The van der Waals surface area contributed by atoms with Crippen molar-refractivity contribution in [3.05, 3.63) is 29.5 Å². The van der Waals surface area contributed by atoms with Crippen molar-refractivity contribution in [1.82, 2.24) is 9.78 Å². The van der Waals surface area contributed by atoms with E-state index in [1.165, 1.54) is 12.8 Å². The summed E-state index contributed by atoms with van der Waals surface area (Å²) in [4.78, 5) is 10.8. The van der Waals surface area contributed by atoms with E-state index in [4.69, 9.17) is 5.11 Å². The van der Waals surface area contributed by atoms with Crippen molar-refractivity contribution in [2.24, 2.45) is 7.05 Å². The van der Waals surface area contributed by atoms with Crippen molar-refractivity contribution in [2.75, 3.05) is 0 Å². The molecule has 88 valence electrons. The van der Waals surface area contributed by atoms with E-state index in [1.54, 1.807) is 0 Å². The maximum atomic E-state index is 10.8. The second kappa shape index (κ2) is 3.58. The first-order chi connectivity index (χ1) is 8.16. The van der Waals surface area contributed by atoms with E-state index in [1.807, 2.05) is 29.9 Å². The van der Waals surface area contributed by atoms with Gasteiger partial charge in [0.1, 0.15) is 0 Å². The van der Waals surface area contributed by atoms with Crippen LogP contribution in [0, 0.1) is 0 Å². The number of fused-ring (bicyclic) bond motifs is 1. The van der Waals surface area contributed by atoms with Crippen LogP contribution >= 0.6 is 0 Å². The average Bonchev–Trinajstić information content (AvgIpc) is 3.04. The highest BCUT2D eigenvalue weighted by Crippen LogP contribution is 2.42. The van der Waals surface area contributed by atoms with E-state index < -0.39 is 5.97 Å². The number of aryl methyl sites for hydroxylation is 1. The van der Waals surface area contributed by atoms with Crippen molar-refractivity contribution < 1.29 is 9.90 Å². The Hall–Kier alpha value is -1.84. The fourth-order valence-electron chi connectivity index (χ4n) is 2.41. The molecule has 4 nitrogen and oxygen atoms in total. The van der Waals surface area contributed by atoms with Crippen LogP contribution in [-0.2, 0) is 18.3 Å². The molecular formula is C13H14N2O2. The van der Waals surface area contributed by atoms with E-state index in [9.17, 15) is 4.79 Å². The first-order valence-corrected chi connectivity index (χ1v) is 5.83. The molecular weight excluding hydrogens is 216 g/mol. The molecule has 4 heteroatoms. The number of para-hydroxylation sites is 1. The number of aliphatic carboxylic acids is 1. The van der Waals surface area contributed by atoms with Crippen LogP contribution in [0.15, 0.2) is 18.2 Å². The van der Waals surface area contributed by atoms with Crippen molar-refractivity contribution in [3.63, 3.8) is 0 Å². The smallest absolute Gasteiger partial charge is 0.307 e. The van der Waals surface area contributed by atoms with E-state index in [0.717, 1.165) is 22.2 Å². The molecule has 0 amide bonds. The third-order valence-corrected chi connectivity index (χ3v) is 3.28. The summed E-state index contributed by atoms with van der Waals surface area (Å²) in [5.41, 5.74) is 2.95. The summed E-state index contributed by atoms with van der Waals surface area (Å²) in [5, 5.41) is 14.6. The Bertz CT molecular complexity index is 597. The molecule has 1 fully saturated rings. The number of carboxylic acids is 1. The summed E-state index contributed by atoms with van der Waals surface area (Å²) >= 11 is 0. The van der Waals surface area contributed by atoms with Gasteiger partial charge < -0.3 is 5.11 Å². The maximum Gasteiger partial charge on any atom is 0.307 e. The Morgan fingerprint density at radius 1 is 1.53 bits per heavy atom. The van der Waals surface area contributed by atoms with Crippen LogP contribution in [0.3, 0.4) is 0 Å². The van der Waals surface area contributed by atoms with Gasteiger partial charge in [0.2, 0.25) is 0 Å². The molecule has 1 aliphatic carbocycles. The monoisotopic (exact) mass is 230 g/mol. The molecule has 3 rings (SSSR count). The van der Waals surface area contributed by atoms with Gasteiger partial charge in [-0.25, -0.2) is 0 Å². The number of nitrogens with zero attached hydrogens (tertiary/aromatic N) is 2. The molecule has 1 N–H and O–H groups in total. The molecule has 1 saturated carbocycles. The number of aromatic nitrogens is 2. The van der Waals surface area contributed by atoms with Gasteiger partial charge in [0.05, 0.1) is 17.6 Å². The highest BCUT2D eigenvalue weighted by molar-refractivity contribution is 5.88. The Morgan fingerprint density at radius 3 is 2.94 bits per heavy atom. The number of carboxylic acid groups (broad SMARTS) is 1. The predicted octanol–water partition coefficient (Wildman–Crippen LogP) is 2.08. The highest BCUT2D eigenvalue weighted by atomic mass is 16.4. The van der Waals surface area contributed by atoms with Gasteiger partial charge in [-0.15, -0.1) is 0 Å². The topological polar surface area (TPSA) is 55.1 Å². The number of rotatable bonds is 3. The van der Waals surface area contributed by atoms with Crippen LogP contribution in [0.2, 0.25) is 0 Å². The molecule has 1 aromatic carbocycles. The second-order valence-corrected chi connectivity index (χ2v) is 4.67. The van der Waals surface area contributed by atoms with E-state index in [2.05, 4.69) is 5.10 Å². The quantitative estimate of drug-likeness (QED) is 0.878. The molecule has 0 aliphatic heterocycles. The van der Waals surface area contributed by atoms with E-state index in [0.29, 0.717) is 5.92 Å². The second-order valence-electron chi connectivity index (χ2n) is 4.67. The summed E-state index contributed by atoms with van der Waals surface area (Å²) in [6.45, 7) is 0. The van der Waals surface area contributed by atoms with Crippen LogP contribution in [-0.4, -0.2) is 20.9 Å². The number of carbonyl (C=O) groups is 1. The van der Waals surface area contributed by atoms with Crippen LogP contribution in [0.1, 0.15) is 30.0 Å². The van der Waals surface area contributed by atoms with E-state index in [-0.39, 0.29) is 6.42 Å². The highest BCUT2D eigenvalue weighted by Gasteiger charge is 2.29. The van der Waals surface area contributed by atoms with Crippen molar-refractivity contribution in [2.45, 2.75) is 25.2 Å². The fraction of sp³-hybridized carbons (Fsp3) is 0.385. The Balaban J connectivity index is 2.20. The van der Waals surface area contributed by atoms with Gasteiger partial charge in [0.25, 0.3) is 0 Å². The number of hydrogen-bond acceptors (Lipinski definition) is 2. The van der Waals surface area contributed by atoms with Gasteiger partial charge in [0, 0.05) is 18.4 Å². The van der Waals surface area contributed by atoms with E-state index >= 15 is 0 Å². The van der Waals surface area contributed by atoms with Gasteiger partial charge >= 0.3 is 5.97 Å². The third kappa shape index (κ3) is 1.69. The first kappa shape index (κ1) is 10.3. The summed E-state index contributed by atoms with van der Waals surface area (Å²) in [6.07, 6.45) is 2.46. The molecule has 0 unspecified atom stereocenters. The predicted molar refractivity (Wildman–Crippen MR) is 64.0 cm³/mol. The number of benzene rings is 1. The Morgan fingerprint density at radius 2 is 2.29 bits per heavy atom. The summed E-state index contributed by atoms with van der Waals surface area (Å²) < 4.78 is 1.82. The van der Waals surface area contributed by atoms with Gasteiger partial charge in [-0.1, -0.05) is 18.2 Å².